The lowest BCUT2D eigenvalue weighted by Gasteiger charge is -2.14. The van der Waals surface area contributed by atoms with Gasteiger partial charge in [-0.1, -0.05) is 150 Å². The zero-order chi connectivity index (χ0) is 43.0. The minimum absolute atomic E-state index is 0.0840. The topological polar surface area (TPSA) is 30.7 Å². The van der Waals surface area contributed by atoms with Crippen molar-refractivity contribution in [1.82, 2.24) is 0 Å². The van der Waals surface area contributed by atoms with E-state index in [-0.39, 0.29) is 5.70 Å². The first-order chi connectivity index (χ1) is 29.3. The summed E-state index contributed by atoms with van der Waals surface area (Å²) in [4.78, 5) is 27.7. The Kier molecular flexibility index (Phi) is 24.2. The van der Waals surface area contributed by atoms with Gasteiger partial charge in [-0.2, -0.15) is 0 Å². The van der Waals surface area contributed by atoms with E-state index in [0.717, 1.165) is 49.8 Å². The number of aryl methyl sites for hydroxylation is 4. The zero-order valence-corrected chi connectivity index (χ0v) is 41.6. The van der Waals surface area contributed by atoms with E-state index < -0.39 is 5.97 Å². The summed E-state index contributed by atoms with van der Waals surface area (Å²) in [7, 11) is 0. The van der Waals surface area contributed by atoms with Gasteiger partial charge in [-0.15, -0.1) is 45.3 Å². The maximum atomic E-state index is 13.3. The summed E-state index contributed by atoms with van der Waals surface area (Å²) >= 11 is 7.66. The van der Waals surface area contributed by atoms with Gasteiger partial charge in [0, 0.05) is 39.0 Å². The molecule has 3 nitrogen and oxygen atoms in total. The smallest absolute Gasteiger partial charge is 0.336 e. The van der Waals surface area contributed by atoms with Crippen molar-refractivity contribution in [2.24, 2.45) is 5.92 Å². The van der Waals surface area contributed by atoms with Gasteiger partial charge in [-0.3, -0.25) is 4.79 Å². The molecule has 0 spiro atoms. The van der Waals surface area contributed by atoms with Gasteiger partial charge in [-0.25, -0.2) is 4.85 Å². The highest BCUT2D eigenvalue weighted by Crippen LogP contribution is 2.48. The highest BCUT2D eigenvalue weighted by Gasteiger charge is 2.21. The molecule has 0 aromatic carbocycles. The van der Waals surface area contributed by atoms with Gasteiger partial charge < -0.3 is 4.74 Å². The molecule has 0 aliphatic rings. The van der Waals surface area contributed by atoms with Crippen LogP contribution in [0, 0.1) is 19.4 Å². The number of carbonyl (C=O) groups excluding carboxylic acids is 1. The molecule has 0 saturated carbocycles. The van der Waals surface area contributed by atoms with Crippen molar-refractivity contribution in [3.05, 3.63) is 73.9 Å². The van der Waals surface area contributed by atoms with Gasteiger partial charge in [-0.05, 0) is 111 Å². The molecule has 0 saturated heterocycles. The maximum absolute atomic E-state index is 13.3. The summed E-state index contributed by atoms with van der Waals surface area (Å²) < 4.78 is 5.75. The molecule has 60 heavy (non-hydrogen) atoms. The lowest BCUT2D eigenvalue weighted by molar-refractivity contribution is -0.140. The van der Waals surface area contributed by atoms with Crippen molar-refractivity contribution in [3.8, 4) is 29.3 Å². The molecule has 0 aliphatic carbocycles. The van der Waals surface area contributed by atoms with Crippen molar-refractivity contribution < 1.29 is 9.53 Å². The quantitative estimate of drug-likeness (QED) is 0.0212. The Morgan fingerprint density at radius 2 is 1.08 bits per heavy atom. The Morgan fingerprint density at radius 3 is 1.62 bits per heavy atom. The van der Waals surface area contributed by atoms with E-state index in [1.807, 2.05) is 34.0 Å². The normalized spacial score (nSPS) is 12.3. The second-order valence-corrected chi connectivity index (χ2v) is 21.5. The van der Waals surface area contributed by atoms with Crippen molar-refractivity contribution in [2.75, 3.05) is 6.61 Å². The maximum Gasteiger partial charge on any atom is 0.336 e. The van der Waals surface area contributed by atoms with Crippen LogP contribution in [0.3, 0.4) is 0 Å². The molecule has 330 valence electrons. The summed E-state index contributed by atoms with van der Waals surface area (Å²) in [6.45, 7) is 21.8. The monoisotopic (exact) mass is 887 g/mol. The second-order valence-electron chi connectivity index (χ2n) is 17.1. The molecule has 4 aromatic rings. The van der Waals surface area contributed by atoms with E-state index >= 15 is 0 Å². The Hall–Kier alpha value is -2.50. The van der Waals surface area contributed by atoms with Crippen LogP contribution >= 0.6 is 45.3 Å². The average molecular weight is 888 g/mol. The highest BCUT2D eigenvalue weighted by atomic mass is 32.1. The van der Waals surface area contributed by atoms with Gasteiger partial charge >= 0.3 is 5.97 Å². The predicted octanol–water partition coefficient (Wildman–Crippen LogP) is 19.0. The number of unbranched alkanes of at least 4 members (excludes halogenated alkanes) is 16. The van der Waals surface area contributed by atoms with Crippen molar-refractivity contribution in [1.29, 1.82) is 0 Å². The van der Waals surface area contributed by atoms with E-state index in [9.17, 15) is 4.79 Å². The number of nitrogens with zero attached hydrogens (tertiary/aromatic N) is 1. The fraction of sp³-hybridized carbons (Fsp3) is 0.623. The molecule has 4 heterocycles. The summed E-state index contributed by atoms with van der Waals surface area (Å²) in [5.74, 6) is -0.144. The number of thiophene rings is 4. The molecule has 0 fully saturated rings. The van der Waals surface area contributed by atoms with Gasteiger partial charge in [0.05, 0.1) is 13.2 Å². The first-order valence-electron chi connectivity index (χ1n) is 24.1. The fourth-order valence-electron chi connectivity index (χ4n) is 8.12. The van der Waals surface area contributed by atoms with Crippen molar-refractivity contribution in [2.45, 2.75) is 202 Å². The number of hydrogen-bond acceptors (Lipinski definition) is 6. The van der Waals surface area contributed by atoms with Crippen LogP contribution in [0.1, 0.15) is 202 Å². The van der Waals surface area contributed by atoms with E-state index in [4.69, 9.17) is 11.3 Å². The Balaban J connectivity index is 1.66. The fourth-order valence-corrected chi connectivity index (χ4v) is 13.0. The number of esters is 1. The summed E-state index contributed by atoms with van der Waals surface area (Å²) in [6.07, 6.45) is 32.6. The molecule has 4 aromatic heterocycles. The lowest BCUT2D eigenvalue weighted by atomic mass is 10.0. The van der Waals surface area contributed by atoms with Crippen molar-refractivity contribution in [3.63, 3.8) is 0 Å². The molecule has 1 atom stereocenters. The predicted molar refractivity (Wildman–Crippen MR) is 269 cm³/mol. The van der Waals surface area contributed by atoms with Crippen LogP contribution in [0.15, 0.2) is 36.0 Å². The third-order valence-corrected chi connectivity index (χ3v) is 16.9. The first kappa shape index (κ1) is 50.1. The van der Waals surface area contributed by atoms with E-state index in [2.05, 4.69) is 76.7 Å². The van der Waals surface area contributed by atoms with Crippen molar-refractivity contribution >= 4 is 57.4 Å². The minimum Gasteiger partial charge on any atom is -0.470 e. The van der Waals surface area contributed by atoms with Crippen LogP contribution in [0.2, 0.25) is 0 Å². The van der Waals surface area contributed by atoms with Crippen LogP contribution in [0.25, 0.3) is 40.2 Å². The summed E-state index contributed by atoms with van der Waals surface area (Å²) in [5.41, 5.74) is 4.44. The average Bonchev–Trinajstić information content (AvgIpc) is 4.07. The summed E-state index contributed by atoms with van der Waals surface area (Å²) in [5, 5.41) is 0. The standard InChI is InChI=1S/C53H77NO2S4/c1-8-13-17-20-23-26-30-42-35-40(6)57-50(42)47-33-34-48(59-47)51-44(32-28-25-22-19-15-10-3)37-49(60-51)52-43(31-27-24-21-18-14-9-2)36-45(58-52)38-46(54-7)53(55)56-39-41(12-5)29-16-11-4/h33-38,41H,8-32,39H2,1-6H3/b46-38-. The third kappa shape index (κ3) is 16.7. The molecular weight excluding hydrogens is 811 g/mol. The van der Waals surface area contributed by atoms with Gasteiger partial charge in [0.1, 0.15) is 0 Å². The van der Waals surface area contributed by atoms with Crippen LogP contribution in [-0.4, -0.2) is 12.6 Å². The molecule has 0 N–H and O–H groups in total. The minimum atomic E-state index is -0.489. The molecule has 7 heteroatoms. The first-order valence-corrected chi connectivity index (χ1v) is 27.3. The molecule has 4 rings (SSSR count). The van der Waals surface area contributed by atoms with Crippen LogP contribution in [0.5, 0.6) is 0 Å². The zero-order valence-electron chi connectivity index (χ0n) is 38.3. The molecule has 0 aliphatic heterocycles. The number of carbonyl (C=O) groups is 1. The third-order valence-electron chi connectivity index (χ3n) is 11.8. The summed E-state index contributed by atoms with van der Waals surface area (Å²) in [6, 6.07) is 12.0. The Morgan fingerprint density at radius 1 is 0.600 bits per heavy atom. The largest absolute Gasteiger partial charge is 0.470 e. The van der Waals surface area contributed by atoms with Crippen LogP contribution in [0.4, 0.5) is 0 Å². The molecule has 0 amide bonds. The number of ether oxygens (including phenoxy) is 1. The number of rotatable bonds is 32. The SMILES string of the molecule is [C-]#[N+]/C(=C\c1cc(CCCCCCCC)c(-c2cc(CCCCCCCC)c(-c3ccc(-c4sc(C)cc4CCCCCCCC)s3)s2)s1)C(=O)OCC(CC)CCCC. The van der Waals surface area contributed by atoms with E-state index in [0.29, 0.717) is 12.5 Å². The van der Waals surface area contributed by atoms with Gasteiger partial charge in [0.2, 0.25) is 0 Å². The molecule has 1 unspecified atom stereocenters. The lowest BCUT2D eigenvalue weighted by Crippen LogP contribution is -2.14. The van der Waals surface area contributed by atoms with Gasteiger partial charge in [0.25, 0.3) is 5.70 Å². The van der Waals surface area contributed by atoms with E-state index in [1.165, 1.54) is 166 Å². The van der Waals surface area contributed by atoms with Crippen LogP contribution in [-0.2, 0) is 28.8 Å². The molecular formula is C53H77NO2S4. The Bertz CT molecular complexity index is 1880. The second kappa shape index (κ2) is 29.0. The molecule has 0 radical (unpaired) electrons. The Labute approximate surface area is 382 Å². The van der Waals surface area contributed by atoms with E-state index in [1.54, 1.807) is 17.4 Å². The highest BCUT2D eigenvalue weighted by molar-refractivity contribution is 7.28. The van der Waals surface area contributed by atoms with Crippen LogP contribution < -0.4 is 0 Å². The van der Waals surface area contributed by atoms with Gasteiger partial charge in [0.15, 0.2) is 0 Å². The number of hydrogen-bond donors (Lipinski definition) is 0. The molecule has 0 bridgehead atoms.